The molecule has 0 aliphatic rings. The van der Waals surface area contributed by atoms with Crippen LogP contribution in [-0.4, -0.2) is 70.4 Å². The van der Waals surface area contributed by atoms with Crippen LogP contribution in [0, 0.1) is 0 Å². The van der Waals surface area contributed by atoms with E-state index in [0.717, 1.165) is 0 Å². The largest absolute Gasteiger partial charge is 0.275 e. The SMILES string of the molecule is CCC(C(=O)n1ccnc1)N(CC(=O)n1ccnc1)CC(=O)n1ccnc1. The summed E-state index contributed by atoms with van der Waals surface area (Å²) in [4.78, 5) is 51.1. The molecule has 3 aromatic heterocycles. The highest BCUT2D eigenvalue weighted by atomic mass is 16.2. The predicted octanol–water partition coefficient (Wildman–Crippen LogP) is 0.678. The summed E-state index contributed by atoms with van der Waals surface area (Å²) >= 11 is 0. The number of rotatable bonds is 7. The summed E-state index contributed by atoms with van der Waals surface area (Å²) in [6.07, 6.45) is 13.7. The van der Waals surface area contributed by atoms with E-state index >= 15 is 0 Å². The third-order valence-electron chi connectivity index (χ3n) is 4.13. The molecule has 0 N–H and O–H groups in total. The van der Waals surface area contributed by atoms with E-state index in [-0.39, 0.29) is 30.8 Å². The second-order valence-corrected chi connectivity index (χ2v) is 5.86. The molecule has 3 aromatic rings. The van der Waals surface area contributed by atoms with Gasteiger partial charge in [0.15, 0.2) is 0 Å². The van der Waals surface area contributed by atoms with Gasteiger partial charge in [0.1, 0.15) is 19.0 Å². The summed E-state index contributed by atoms with van der Waals surface area (Å²) in [5.74, 6) is -0.836. The van der Waals surface area contributed by atoms with Gasteiger partial charge in [0.05, 0.1) is 19.1 Å². The van der Waals surface area contributed by atoms with Crippen molar-refractivity contribution in [3.8, 4) is 0 Å². The van der Waals surface area contributed by atoms with Crippen LogP contribution in [0.4, 0.5) is 0 Å². The predicted molar refractivity (Wildman–Crippen MR) is 94.2 cm³/mol. The summed E-state index contributed by atoms with van der Waals surface area (Å²) < 4.78 is 4.00. The number of carbonyl (C=O) groups is 3. The van der Waals surface area contributed by atoms with Crippen LogP contribution in [0.1, 0.15) is 27.7 Å². The van der Waals surface area contributed by atoms with Crippen LogP contribution in [0.3, 0.4) is 0 Å². The average molecular weight is 369 g/mol. The second kappa shape index (κ2) is 8.32. The fraction of sp³-hybridized carbons (Fsp3) is 0.294. The van der Waals surface area contributed by atoms with Gasteiger partial charge in [-0.1, -0.05) is 6.92 Å². The van der Waals surface area contributed by atoms with Crippen LogP contribution in [0.25, 0.3) is 0 Å². The number of carbonyl (C=O) groups excluding carboxylic acids is 3. The van der Waals surface area contributed by atoms with Crippen molar-refractivity contribution in [2.75, 3.05) is 13.1 Å². The van der Waals surface area contributed by atoms with Crippen molar-refractivity contribution < 1.29 is 14.4 Å². The monoisotopic (exact) mass is 369 g/mol. The molecule has 10 heteroatoms. The van der Waals surface area contributed by atoms with E-state index in [4.69, 9.17) is 0 Å². The maximum atomic E-state index is 12.8. The van der Waals surface area contributed by atoms with E-state index in [1.165, 1.54) is 63.7 Å². The molecule has 0 saturated heterocycles. The first-order valence-electron chi connectivity index (χ1n) is 8.38. The Bertz CT molecular complexity index is 837. The zero-order valence-corrected chi connectivity index (χ0v) is 14.8. The van der Waals surface area contributed by atoms with Crippen LogP contribution < -0.4 is 0 Å². The lowest BCUT2D eigenvalue weighted by Gasteiger charge is -2.28. The quantitative estimate of drug-likeness (QED) is 0.602. The molecular formula is C17H19N7O3. The summed E-state index contributed by atoms with van der Waals surface area (Å²) in [5, 5.41) is 0. The Labute approximate surface area is 155 Å². The summed E-state index contributed by atoms with van der Waals surface area (Å²) in [6.45, 7) is 1.60. The topological polar surface area (TPSA) is 108 Å². The Balaban J connectivity index is 1.83. The van der Waals surface area contributed by atoms with Crippen molar-refractivity contribution in [2.45, 2.75) is 19.4 Å². The molecule has 140 valence electrons. The van der Waals surface area contributed by atoms with Crippen molar-refractivity contribution in [3.05, 3.63) is 56.2 Å². The zero-order valence-electron chi connectivity index (χ0n) is 14.8. The highest BCUT2D eigenvalue weighted by molar-refractivity contribution is 5.88. The Hall–Kier alpha value is -3.40. The lowest BCUT2D eigenvalue weighted by atomic mass is 10.1. The summed E-state index contributed by atoms with van der Waals surface area (Å²) in [7, 11) is 0. The minimum absolute atomic E-state index is 0.115. The molecule has 0 bridgehead atoms. The van der Waals surface area contributed by atoms with Crippen molar-refractivity contribution in [1.82, 2.24) is 33.6 Å². The van der Waals surface area contributed by atoms with Gasteiger partial charge in [-0.3, -0.25) is 33.0 Å². The van der Waals surface area contributed by atoms with E-state index in [1.54, 1.807) is 11.1 Å². The molecule has 0 amide bonds. The number of hydrogen-bond donors (Lipinski definition) is 0. The van der Waals surface area contributed by atoms with Crippen molar-refractivity contribution >= 4 is 17.7 Å². The van der Waals surface area contributed by atoms with E-state index in [0.29, 0.717) is 6.42 Å². The van der Waals surface area contributed by atoms with Crippen LogP contribution in [-0.2, 0) is 0 Å². The molecule has 3 rings (SSSR count). The first kappa shape index (κ1) is 18.4. The highest BCUT2D eigenvalue weighted by Crippen LogP contribution is 2.10. The molecule has 0 saturated carbocycles. The van der Waals surface area contributed by atoms with Crippen molar-refractivity contribution in [3.63, 3.8) is 0 Å². The Morgan fingerprint density at radius 2 is 1.26 bits per heavy atom. The molecule has 0 aliphatic carbocycles. The minimum atomic E-state index is -0.667. The van der Waals surface area contributed by atoms with Crippen LogP contribution in [0.15, 0.2) is 56.2 Å². The number of hydrogen-bond acceptors (Lipinski definition) is 7. The molecule has 10 nitrogen and oxygen atoms in total. The average Bonchev–Trinajstić information content (AvgIpc) is 3.45. The van der Waals surface area contributed by atoms with Crippen molar-refractivity contribution in [2.24, 2.45) is 0 Å². The fourth-order valence-electron chi connectivity index (χ4n) is 2.75. The smallest absolute Gasteiger partial charge is 0.249 e. The Kier molecular flexibility index (Phi) is 5.67. The molecule has 27 heavy (non-hydrogen) atoms. The molecule has 0 radical (unpaired) electrons. The zero-order chi connectivity index (χ0) is 19.2. The van der Waals surface area contributed by atoms with Crippen LogP contribution in [0.5, 0.6) is 0 Å². The Morgan fingerprint density at radius 1 is 0.815 bits per heavy atom. The minimum Gasteiger partial charge on any atom is -0.275 e. The molecule has 0 aromatic carbocycles. The molecule has 0 aliphatic heterocycles. The fourth-order valence-corrected chi connectivity index (χ4v) is 2.75. The molecule has 0 fully saturated rings. The highest BCUT2D eigenvalue weighted by Gasteiger charge is 2.29. The van der Waals surface area contributed by atoms with E-state index < -0.39 is 6.04 Å². The van der Waals surface area contributed by atoms with E-state index in [2.05, 4.69) is 15.0 Å². The van der Waals surface area contributed by atoms with Crippen LogP contribution >= 0.6 is 0 Å². The normalized spacial score (nSPS) is 12.2. The molecule has 1 unspecified atom stereocenters. The van der Waals surface area contributed by atoms with Gasteiger partial charge in [-0.15, -0.1) is 0 Å². The van der Waals surface area contributed by atoms with Gasteiger partial charge in [0.25, 0.3) is 0 Å². The van der Waals surface area contributed by atoms with Crippen molar-refractivity contribution in [1.29, 1.82) is 0 Å². The van der Waals surface area contributed by atoms with Gasteiger partial charge in [0.2, 0.25) is 17.7 Å². The van der Waals surface area contributed by atoms with Crippen LogP contribution in [0.2, 0.25) is 0 Å². The molecular weight excluding hydrogens is 350 g/mol. The van der Waals surface area contributed by atoms with Gasteiger partial charge >= 0.3 is 0 Å². The lowest BCUT2D eigenvalue weighted by Crippen LogP contribution is -2.49. The lowest BCUT2D eigenvalue weighted by molar-refractivity contribution is 0.0624. The third kappa shape index (κ3) is 4.23. The first-order chi connectivity index (χ1) is 13.1. The standard InChI is InChI=1S/C17H19N7O3/c1-2-14(17(27)23-8-5-20-13-23)24(9-15(25)21-6-3-18-11-21)10-16(26)22-7-4-19-12-22/h3-8,11-14H,2,9-10H2,1H3. The van der Waals surface area contributed by atoms with E-state index in [9.17, 15) is 14.4 Å². The maximum Gasteiger partial charge on any atom is 0.249 e. The van der Waals surface area contributed by atoms with Gasteiger partial charge in [0, 0.05) is 37.2 Å². The summed E-state index contributed by atoms with van der Waals surface area (Å²) in [5.41, 5.74) is 0. The first-order valence-corrected chi connectivity index (χ1v) is 8.38. The third-order valence-corrected chi connectivity index (χ3v) is 4.13. The van der Waals surface area contributed by atoms with Gasteiger partial charge in [-0.2, -0.15) is 0 Å². The molecule has 1 atom stereocenters. The molecule has 3 heterocycles. The second-order valence-electron chi connectivity index (χ2n) is 5.86. The van der Waals surface area contributed by atoms with Gasteiger partial charge < -0.3 is 0 Å². The van der Waals surface area contributed by atoms with Gasteiger partial charge in [-0.05, 0) is 6.42 Å². The van der Waals surface area contributed by atoms with E-state index in [1.807, 2.05) is 6.92 Å². The van der Waals surface area contributed by atoms with Gasteiger partial charge in [-0.25, -0.2) is 15.0 Å². The number of imidazole rings is 3. The number of nitrogens with zero attached hydrogens (tertiary/aromatic N) is 7. The summed E-state index contributed by atoms with van der Waals surface area (Å²) in [6, 6.07) is -0.667. The Morgan fingerprint density at radius 3 is 1.63 bits per heavy atom. The molecule has 0 spiro atoms. The number of aromatic nitrogens is 6. The maximum absolute atomic E-state index is 12.8.